The van der Waals surface area contributed by atoms with E-state index in [0.29, 0.717) is 16.7 Å². The van der Waals surface area contributed by atoms with Gasteiger partial charge in [0.2, 0.25) is 0 Å². The molecule has 4 nitrogen and oxygen atoms in total. The predicted octanol–water partition coefficient (Wildman–Crippen LogP) is 7.01. The quantitative estimate of drug-likeness (QED) is 0.141. The van der Waals surface area contributed by atoms with Crippen molar-refractivity contribution in [3.8, 4) is 11.8 Å². The molecule has 0 amide bonds. The van der Waals surface area contributed by atoms with Crippen molar-refractivity contribution in [2.75, 3.05) is 0 Å². The fourth-order valence-corrected chi connectivity index (χ4v) is 5.73. The molecule has 148 valence electrons. The molecular weight excluding hydrogens is 620 g/mol. The average molecular weight is 635 g/mol. The summed E-state index contributed by atoms with van der Waals surface area (Å²) >= 11 is 5.89. The Kier molecular flexibility index (Phi) is 6.97. The van der Waals surface area contributed by atoms with Crippen LogP contribution in [0, 0.1) is 18.5 Å². The van der Waals surface area contributed by atoms with E-state index in [9.17, 15) is 5.26 Å². The van der Waals surface area contributed by atoms with E-state index < -0.39 is 0 Å². The number of nitrogens with one attached hydrogen (secondary N) is 1. The second-order valence-electron chi connectivity index (χ2n) is 6.37. The number of hydrogen-bond donors (Lipinski definition) is 1. The molecule has 0 spiro atoms. The molecule has 0 atom stereocenters. The zero-order valence-electron chi connectivity index (χ0n) is 15.6. The second kappa shape index (κ2) is 9.85. The lowest BCUT2D eigenvalue weighted by Crippen LogP contribution is -1.99. The van der Waals surface area contributed by atoms with Gasteiger partial charge in [-0.05, 0) is 98.4 Å². The van der Waals surface area contributed by atoms with Gasteiger partial charge in [0.15, 0.2) is 5.16 Å². The summed E-state index contributed by atoms with van der Waals surface area (Å²) in [5.74, 6) is 0.862. The summed E-state index contributed by atoms with van der Waals surface area (Å²) in [5, 5.41) is 10.3. The molecule has 30 heavy (non-hydrogen) atoms. The molecule has 0 saturated heterocycles. The van der Waals surface area contributed by atoms with Crippen molar-refractivity contribution in [3.63, 3.8) is 0 Å². The molecule has 0 bridgehead atoms. The molecule has 3 aromatic carbocycles. The average Bonchev–Trinajstić information content (AvgIpc) is 3.16. The highest BCUT2D eigenvalue weighted by molar-refractivity contribution is 14.1. The zero-order chi connectivity index (χ0) is 20.9. The molecule has 4 aromatic rings. The number of ether oxygens (including phenoxy) is 1. The van der Waals surface area contributed by atoms with Gasteiger partial charge in [-0.25, -0.2) is 4.98 Å². The Morgan fingerprint density at radius 3 is 2.47 bits per heavy atom. The largest absolute Gasteiger partial charge is 0.487 e. The van der Waals surface area contributed by atoms with Crippen molar-refractivity contribution in [3.05, 3.63) is 89.9 Å². The molecule has 0 fully saturated rings. The number of aromatic nitrogens is 2. The smallest absolute Gasteiger partial charge is 0.171 e. The number of nitrogens with zero attached hydrogens (tertiary/aromatic N) is 2. The lowest BCUT2D eigenvalue weighted by Gasteiger charge is -2.11. The number of fused-ring (bicyclic) bond motifs is 1. The third-order valence-electron chi connectivity index (χ3n) is 4.23. The standard InChI is InChI=1S/C23H15I2N3OS/c24-18-11-16(12-19(25)22(18)29-14-15-6-2-1-3-7-15)10-17(13-26)30-23-27-20-8-4-5-9-21(20)28-23/h1-12H,14H2,(H,27,28)/b17-10+. The molecule has 0 aliphatic carbocycles. The number of halogens is 2. The van der Waals surface area contributed by atoms with Crippen LogP contribution < -0.4 is 4.74 Å². The molecule has 4 rings (SSSR count). The molecular formula is C23H15I2N3OS. The highest BCUT2D eigenvalue weighted by Crippen LogP contribution is 2.32. The first-order valence-electron chi connectivity index (χ1n) is 9.02. The molecule has 0 unspecified atom stereocenters. The van der Waals surface area contributed by atoms with Crippen molar-refractivity contribution in [2.45, 2.75) is 11.8 Å². The number of aromatic amines is 1. The summed E-state index contributed by atoms with van der Waals surface area (Å²) < 4.78 is 8.06. The minimum atomic E-state index is 0.521. The van der Waals surface area contributed by atoms with E-state index in [1.54, 1.807) is 0 Å². The van der Waals surface area contributed by atoms with E-state index in [1.807, 2.05) is 72.8 Å². The Morgan fingerprint density at radius 2 is 1.77 bits per heavy atom. The summed E-state index contributed by atoms with van der Waals surface area (Å²) in [7, 11) is 0. The lowest BCUT2D eigenvalue weighted by molar-refractivity contribution is 0.302. The van der Waals surface area contributed by atoms with Crippen LogP contribution in [0.15, 0.2) is 76.8 Å². The molecule has 0 aliphatic rings. The van der Waals surface area contributed by atoms with E-state index in [-0.39, 0.29) is 0 Å². The maximum atomic E-state index is 9.62. The highest BCUT2D eigenvalue weighted by atomic mass is 127. The van der Waals surface area contributed by atoms with Crippen LogP contribution in [0.4, 0.5) is 0 Å². The summed E-state index contributed by atoms with van der Waals surface area (Å²) in [4.78, 5) is 8.35. The predicted molar refractivity (Wildman–Crippen MR) is 138 cm³/mol. The molecule has 7 heteroatoms. The SMILES string of the molecule is N#C/C(=C\c1cc(I)c(OCc2ccccc2)c(I)c1)Sc1nc2ccccc2[nH]1. The summed E-state index contributed by atoms with van der Waals surface area (Å²) in [6.45, 7) is 0.521. The maximum Gasteiger partial charge on any atom is 0.171 e. The van der Waals surface area contributed by atoms with Crippen LogP contribution in [0.1, 0.15) is 11.1 Å². The van der Waals surface area contributed by atoms with E-state index in [1.165, 1.54) is 11.8 Å². The van der Waals surface area contributed by atoms with Crippen LogP contribution in [-0.4, -0.2) is 9.97 Å². The maximum absolute atomic E-state index is 9.62. The number of para-hydroxylation sites is 2. The second-order valence-corrected chi connectivity index (χ2v) is 9.72. The Balaban J connectivity index is 1.53. The van der Waals surface area contributed by atoms with Crippen molar-refractivity contribution in [2.24, 2.45) is 0 Å². The van der Waals surface area contributed by atoms with Crippen LogP contribution in [0.3, 0.4) is 0 Å². The van der Waals surface area contributed by atoms with Gasteiger partial charge in [-0.15, -0.1) is 0 Å². The number of rotatable bonds is 6. The van der Waals surface area contributed by atoms with Crippen LogP contribution >= 0.6 is 56.9 Å². The first-order chi connectivity index (χ1) is 14.6. The molecule has 1 aromatic heterocycles. The van der Waals surface area contributed by atoms with Crippen LogP contribution in [0.2, 0.25) is 0 Å². The van der Waals surface area contributed by atoms with Gasteiger partial charge >= 0.3 is 0 Å². The van der Waals surface area contributed by atoms with Gasteiger partial charge < -0.3 is 9.72 Å². The van der Waals surface area contributed by atoms with E-state index >= 15 is 0 Å². The van der Waals surface area contributed by atoms with Crippen molar-refractivity contribution in [1.29, 1.82) is 5.26 Å². The molecule has 1 N–H and O–H groups in total. The van der Waals surface area contributed by atoms with E-state index in [0.717, 1.165) is 35.1 Å². The molecule has 0 aliphatic heterocycles. The molecule has 0 saturated carbocycles. The first kappa shape index (κ1) is 21.2. The number of benzene rings is 3. The molecule has 1 heterocycles. The van der Waals surface area contributed by atoms with Gasteiger partial charge in [-0.1, -0.05) is 42.5 Å². The topological polar surface area (TPSA) is 61.7 Å². The minimum Gasteiger partial charge on any atom is -0.487 e. The van der Waals surface area contributed by atoms with Crippen LogP contribution in [0.5, 0.6) is 5.75 Å². The fraction of sp³-hybridized carbons (Fsp3) is 0.0435. The number of allylic oxidation sites excluding steroid dienone is 1. The van der Waals surface area contributed by atoms with E-state index in [4.69, 9.17) is 4.74 Å². The number of nitriles is 1. The van der Waals surface area contributed by atoms with Gasteiger partial charge in [0.05, 0.1) is 23.1 Å². The van der Waals surface area contributed by atoms with Crippen LogP contribution in [0.25, 0.3) is 17.1 Å². The van der Waals surface area contributed by atoms with Gasteiger partial charge in [0, 0.05) is 0 Å². The third-order valence-corrected chi connectivity index (χ3v) is 6.65. The number of hydrogen-bond acceptors (Lipinski definition) is 4. The lowest BCUT2D eigenvalue weighted by atomic mass is 10.2. The monoisotopic (exact) mass is 635 g/mol. The van der Waals surface area contributed by atoms with Crippen LogP contribution in [-0.2, 0) is 6.61 Å². The number of thioether (sulfide) groups is 1. The minimum absolute atomic E-state index is 0.521. The Hall–Kier alpha value is -2.03. The van der Waals surface area contributed by atoms with Gasteiger partial charge in [-0.2, -0.15) is 5.26 Å². The number of H-pyrrole nitrogens is 1. The van der Waals surface area contributed by atoms with Crippen molar-refractivity contribution < 1.29 is 4.74 Å². The van der Waals surface area contributed by atoms with Gasteiger partial charge in [-0.3, -0.25) is 0 Å². The highest BCUT2D eigenvalue weighted by Gasteiger charge is 2.11. The Morgan fingerprint density at radius 1 is 1.07 bits per heavy atom. The number of imidazole rings is 1. The molecule has 0 radical (unpaired) electrons. The van der Waals surface area contributed by atoms with E-state index in [2.05, 4.69) is 61.2 Å². The van der Waals surface area contributed by atoms with Gasteiger partial charge in [0.25, 0.3) is 0 Å². The summed E-state index contributed by atoms with van der Waals surface area (Å²) in [5.41, 5.74) is 3.93. The zero-order valence-corrected chi connectivity index (χ0v) is 20.7. The fourth-order valence-electron chi connectivity index (χ4n) is 2.85. The summed E-state index contributed by atoms with van der Waals surface area (Å²) in [6.07, 6.45) is 1.88. The summed E-state index contributed by atoms with van der Waals surface area (Å²) in [6, 6.07) is 24.3. The Bertz CT molecular complexity index is 1210. The normalized spacial score (nSPS) is 11.4. The van der Waals surface area contributed by atoms with Gasteiger partial charge in [0.1, 0.15) is 18.4 Å². The van der Waals surface area contributed by atoms with Crippen molar-refractivity contribution in [1.82, 2.24) is 9.97 Å². The first-order valence-corrected chi connectivity index (χ1v) is 12.0. The Labute approximate surface area is 206 Å². The third kappa shape index (κ3) is 5.17. The van der Waals surface area contributed by atoms with Crippen molar-refractivity contribution >= 4 is 74.1 Å².